The van der Waals surface area contributed by atoms with Gasteiger partial charge in [-0.3, -0.25) is 0 Å². The van der Waals surface area contributed by atoms with Gasteiger partial charge in [-0.25, -0.2) is 9.18 Å². The molecule has 0 saturated heterocycles. The Bertz CT molecular complexity index is 616. The summed E-state index contributed by atoms with van der Waals surface area (Å²) in [6, 6.07) is 15.2. The zero-order valence-corrected chi connectivity index (χ0v) is 12.7. The Balaban J connectivity index is 2.07. The van der Waals surface area contributed by atoms with Crippen molar-refractivity contribution in [3.05, 3.63) is 66.0 Å². The molecule has 0 aliphatic heterocycles. The zero-order chi connectivity index (χ0) is 15.9. The van der Waals surface area contributed by atoms with E-state index in [0.717, 1.165) is 5.56 Å². The smallest absolute Gasteiger partial charge is 0.319 e. The summed E-state index contributed by atoms with van der Waals surface area (Å²) in [6.45, 7) is 0.648. The number of hydrogen-bond acceptors (Lipinski definition) is 2. The van der Waals surface area contributed by atoms with Crippen molar-refractivity contribution in [2.45, 2.75) is 6.04 Å². The van der Waals surface area contributed by atoms with Crippen LogP contribution in [0.5, 0.6) is 0 Å². The van der Waals surface area contributed by atoms with Crippen LogP contribution in [0.15, 0.2) is 54.6 Å². The maximum atomic E-state index is 13.6. The van der Waals surface area contributed by atoms with E-state index >= 15 is 0 Å². The fourth-order valence-electron chi connectivity index (χ4n) is 2.16. The van der Waals surface area contributed by atoms with E-state index in [-0.39, 0.29) is 11.7 Å². The lowest BCUT2D eigenvalue weighted by molar-refractivity contribution is 0.244. The van der Waals surface area contributed by atoms with Crippen molar-refractivity contribution < 1.29 is 9.18 Å². The van der Waals surface area contributed by atoms with Crippen LogP contribution in [0.1, 0.15) is 11.6 Å². The predicted molar refractivity (Wildman–Crippen MR) is 86.3 cm³/mol. The third-order valence-corrected chi connectivity index (χ3v) is 3.18. The molecule has 0 aliphatic carbocycles. The number of nitrogens with one attached hydrogen (secondary N) is 2. The molecule has 2 aromatic carbocycles. The summed E-state index contributed by atoms with van der Waals surface area (Å²) in [5.74, 6) is -0.457. The zero-order valence-electron chi connectivity index (χ0n) is 12.7. The lowest BCUT2D eigenvalue weighted by Crippen LogP contribution is -2.37. The topological polar surface area (TPSA) is 44.4 Å². The quantitative estimate of drug-likeness (QED) is 0.890. The highest BCUT2D eigenvalue weighted by Crippen LogP contribution is 2.15. The summed E-state index contributed by atoms with van der Waals surface area (Å²) in [7, 11) is 3.87. The standard InChI is InChI=1S/C17H20FN3O/c1-21(2)12-16(13-8-4-3-5-9-13)20-17(22)19-15-11-7-6-10-14(15)18/h3-11,16H,12H2,1-2H3,(H2,19,20,22)/t16-/m1/s1. The number of urea groups is 1. The van der Waals surface area contributed by atoms with Gasteiger partial charge in [-0.1, -0.05) is 42.5 Å². The number of halogens is 1. The second-order valence-electron chi connectivity index (χ2n) is 5.30. The Morgan fingerprint density at radius 3 is 2.36 bits per heavy atom. The number of benzene rings is 2. The minimum absolute atomic E-state index is 0.164. The number of rotatable bonds is 5. The Labute approximate surface area is 129 Å². The number of likely N-dealkylation sites (N-methyl/N-ethyl adjacent to an activating group) is 1. The second-order valence-corrected chi connectivity index (χ2v) is 5.30. The molecule has 2 aromatic rings. The van der Waals surface area contributed by atoms with Crippen LogP contribution in [-0.2, 0) is 0 Å². The third-order valence-electron chi connectivity index (χ3n) is 3.18. The number of carbonyl (C=O) groups excluding carboxylic acids is 1. The van der Waals surface area contributed by atoms with Crippen LogP contribution in [0.25, 0.3) is 0 Å². The van der Waals surface area contributed by atoms with Gasteiger partial charge in [0.2, 0.25) is 0 Å². The molecular weight excluding hydrogens is 281 g/mol. The number of para-hydroxylation sites is 1. The van der Waals surface area contributed by atoms with Crippen LogP contribution in [-0.4, -0.2) is 31.6 Å². The SMILES string of the molecule is CN(C)C[C@@H](NC(=O)Nc1ccccc1F)c1ccccc1. The molecule has 5 heteroatoms. The first-order chi connectivity index (χ1) is 10.6. The van der Waals surface area contributed by atoms with Gasteiger partial charge in [0.1, 0.15) is 5.82 Å². The number of carbonyl (C=O) groups is 1. The summed E-state index contributed by atoms with van der Waals surface area (Å²) < 4.78 is 13.6. The van der Waals surface area contributed by atoms with Crippen LogP contribution in [0, 0.1) is 5.82 Å². The number of amides is 2. The molecule has 1 atom stereocenters. The molecule has 0 heterocycles. The molecule has 0 aliphatic rings. The van der Waals surface area contributed by atoms with Crippen LogP contribution in [0.2, 0.25) is 0 Å². The van der Waals surface area contributed by atoms with Crippen molar-refractivity contribution in [2.24, 2.45) is 0 Å². The normalized spacial score (nSPS) is 12.0. The average Bonchev–Trinajstić information content (AvgIpc) is 2.49. The molecule has 2 rings (SSSR count). The van der Waals surface area contributed by atoms with Crippen molar-refractivity contribution >= 4 is 11.7 Å². The van der Waals surface area contributed by atoms with Crippen molar-refractivity contribution in [1.29, 1.82) is 0 Å². The highest BCUT2D eigenvalue weighted by Gasteiger charge is 2.16. The van der Waals surface area contributed by atoms with Gasteiger partial charge < -0.3 is 15.5 Å². The van der Waals surface area contributed by atoms with E-state index in [4.69, 9.17) is 0 Å². The van der Waals surface area contributed by atoms with E-state index in [1.165, 1.54) is 12.1 Å². The Kier molecular flexibility index (Phi) is 5.49. The van der Waals surface area contributed by atoms with Crippen molar-refractivity contribution in [2.75, 3.05) is 26.0 Å². The first-order valence-electron chi connectivity index (χ1n) is 7.08. The molecule has 0 bridgehead atoms. The molecule has 0 radical (unpaired) electrons. The van der Waals surface area contributed by atoms with Crippen LogP contribution < -0.4 is 10.6 Å². The van der Waals surface area contributed by atoms with Gasteiger partial charge >= 0.3 is 6.03 Å². The molecule has 22 heavy (non-hydrogen) atoms. The van der Waals surface area contributed by atoms with E-state index in [9.17, 15) is 9.18 Å². The summed E-state index contributed by atoms with van der Waals surface area (Å²) in [5.41, 5.74) is 1.16. The molecule has 0 unspecified atom stereocenters. The summed E-state index contributed by atoms with van der Waals surface area (Å²) in [4.78, 5) is 14.1. The molecule has 0 fully saturated rings. The Hall–Kier alpha value is -2.40. The van der Waals surface area contributed by atoms with Gasteiger partial charge in [0.25, 0.3) is 0 Å². The van der Waals surface area contributed by atoms with E-state index in [0.29, 0.717) is 6.54 Å². The molecule has 4 nitrogen and oxygen atoms in total. The monoisotopic (exact) mass is 301 g/mol. The van der Waals surface area contributed by atoms with Gasteiger partial charge in [0, 0.05) is 6.54 Å². The van der Waals surface area contributed by atoms with Crippen molar-refractivity contribution in [3.63, 3.8) is 0 Å². The molecule has 116 valence electrons. The third kappa shape index (κ3) is 4.56. The van der Waals surface area contributed by atoms with Crippen LogP contribution in [0.3, 0.4) is 0 Å². The Morgan fingerprint density at radius 2 is 1.73 bits per heavy atom. The fraction of sp³-hybridized carbons (Fsp3) is 0.235. The summed E-state index contributed by atoms with van der Waals surface area (Å²) in [6.07, 6.45) is 0. The fourth-order valence-corrected chi connectivity index (χ4v) is 2.16. The lowest BCUT2D eigenvalue weighted by atomic mass is 10.1. The lowest BCUT2D eigenvalue weighted by Gasteiger charge is -2.23. The maximum absolute atomic E-state index is 13.6. The van der Waals surface area contributed by atoms with Gasteiger partial charge in [-0.2, -0.15) is 0 Å². The van der Waals surface area contributed by atoms with E-state index < -0.39 is 11.8 Å². The van der Waals surface area contributed by atoms with E-state index in [2.05, 4.69) is 10.6 Å². The highest BCUT2D eigenvalue weighted by atomic mass is 19.1. The molecule has 0 aromatic heterocycles. The molecular formula is C17H20FN3O. The van der Waals surface area contributed by atoms with E-state index in [1.807, 2.05) is 49.3 Å². The Morgan fingerprint density at radius 1 is 1.09 bits per heavy atom. The van der Waals surface area contributed by atoms with Crippen molar-refractivity contribution in [1.82, 2.24) is 10.2 Å². The van der Waals surface area contributed by atoms with Crippen LogP contribution >= 0.6 is 0 Å². The summed E-state index contributed by atoms with van der Waals surface area (Å²) in [5, 5.41) is 5.42. The van der Waals surface area contributed by atoms with E-state index in [1.54, 1.807) is 12.1 Å². The minimum atomic E-state index is -0.457. The van der Waals surface area contributed by atoms with Gasteiger partial charge in [0.15, 0.2) is 0 Å². The minimum Gasteiger partial charge on any atom is -0.330 e. The number of nitrogens with zero attached hydrogens (tertiary/aromatic N) is 1. The first-order valence-corrected chi connectivity index (χ1v) is 7.08. The second kappa shape index (κ2) is 7.56. The highest BCUT2D eigenvalue weighted by molar-refractivity contribution is 5.89. The first kappa shape index (κ1) is 16.0. The van der Waals surface area contributed by atoms with Gasteiger partial charge in [0.05, 0.1) is 11.7 Å². The average molecular weight is 301 g/mol. The maximum Gasteiger partial charge on any atom is 0.319 e. The number of hydrogen-bond donors (Lipinski definition) is 2. The van der Waals surface area contributed by atoms with Gasteiger partial charge in [-0.15, -0.1) is 0 Å². The molecule has 0 spiro atoms. The largest absolute Gasteiger partial charge is 0.330 e. The van der Waals surface area contributed by atoms with Gasteiger partial charge in [-0.05, 0) is 31.8 Å². The van der Waals surface area contributed by atoms with Crippen LogP contribution in [0.4, 0.5) is 14.9 Å². The predicted octanol–water partition coefficient (Wildman–Crippen LogP) is 3.25. The molecule has 0 saturated carbocycles. The molecule has 2 amide bonds. The van der Waals surface area contributed by atoms with Crippen molar-refractivity contribution in [3.8, 4) is 0 Å². The molecule has 2 N–H and O–H groups in total. The summed E-state index contributed by atoms with van der Waals surface area (Å²) >= 11 is 0. The number of anilines is 1.